The molecule has 0 fully saturated rings. The molecule has 0 amide bonds. The van der Waals surface area contributed by atoms with E-state index in [4.69, 9.17) is 19.5 Å². The first kappa shape index (κ1) is 23.2. The Kier molecular flexibility index (Phi) is 6.80. The molecule has 184 valence electrons. The van der Waals surface area contributed by atoms with Gasteiger partial charge in [0.15, 0.2) is 11.8 Å². The zero-order valence-corrected chi connectivity index (χ0v) is 20.7. The molecule has 0 spiro atoms. The number of hydrogen-bond acceptors (Lipinski definition) is 4. The van der Waals surface area contributed by atoms with Crippen LogP contribution >= 0.6 is 0 Å². The summed E-state index contributed by atoms with van der Waals surface area (Å²) in [7, 11) is 0. The van der Waals surface area contributed by atoms with Crippen LogP contribution in [0.25, 0.3) is 0 Å². The monoisotopic (exact) mass is 486 g/mol. The lowest BCUT2D eigenvalue weighted by Gasteiger charge is -2.19. The molecule has 4 aromatic rings. The van der Waals surface area contributed by atoms with Crippen LogP contribution in [0.3, 0.4) is 0 Å². The van der Waals surface area contributed by atoms with Gasteiger partial charge in [0.05, 0.1) is 18.5 Å². The molecule has 37 heavy (non-hydrogen) atoms. The third-order valence-corrected chi connectivity index (χ3v) is 6.98. The quantitative estimate of drug-likeness (QED) is 0.271. The Morgan fingerprint density at radius 1 is 0.459 bits per heavy atom. The average Bonchev–Trinajstić information content (AvgIpc) is 3.54. The third-order valence-electron chi connectivity index (χ3n) is 6.98. The topological polar surface area (TPSA) is 43.2 Å². The molecule has 0 unspecified atom stereocenters. The Labute approximate surface area is 218 Å². The average molecular weight is 487 g/mol. The Morgan fingerprint density at radius 2 is 0.811 bits per heavy atom. The van der Waals surface area contributed by atoms with Crippen LogP contribution in [-0.2, 0) is 22.3 Å². The fourth-order valence-corrected chi connectivity index (χ4v) is 5.20. The van der Waals surface area contributed by atoms with E-state index in [1.807, 2.05) is 24.3 Å². The summed E-state index contributed by atoms with van der Waals surface area (Å²) in [4.78, 5) is 10.1. The minimum Gasteiger partial charge on any atom is -0.470 e. The first-order valence-electron chi connectivity index (χ1n) is 13.0. The number of ether oxygens (including phenoxy) is 2. The molecular weight excluding hydrogens is 456 g/mol. The van der Waals surface area contributed by atoms with Crippen LogP contribution in [-0.4, -0.2) is 23.9 Å². The van der Waals surface area contributed by atoms with Crippen LogP contribution in [0.15, 0.2) is 131 Å². The van der Waals surface area contributed by atoms with Gasteiger partial charge in [-0.05, 0) is 35.1 Å². The van der Waals surface area contributed by atoms with Gasteiger partial charge in [0.2, 0.25) is 0 Å². The highest BCUT2D eigenvalue weighted by Gasteiger charge is 2.36. The molecule has 0 saturated carbocycles. The maximum Gasteiger partial charge on any atom is 0.193 e. The van der Waals surface area contributed by atoms with Gasteiger partial charge in [0.25, 0.3) is 0 Å². The summed E-state index contributed by atoms with van der Waals surface area (Å²) in [6, 6.07) is 41.8. The molecule has 0 bridgehead atoms. The lowest BCUT2D eigenvalue weighted by molar-refractivity contribution is 0.182. The van der Waals surface area contributed by atoms with E-state index in [9.17, 15) is 0 Å². The van der Waals surface area contributed by atoms with Gasteiger partial charge < -0.3 is 9.47 Å². The second kappa shape index (κ2) is 10.8. The van der Waals surface area contributed by atoms with E-state index in [-0.39, 0.29) is 24.3 Å². The molecular formula is C33H30N2O2. The van der Waals surface area contributed by atoms with Crippen LogP contribution < -0.4 is 0 Å². The molecule has 2 aliphatic heterocycles. The van der Waals surface area contributed by atoms with Crippen molar-refractivity contribution in [3.8, 4) is 0 Å². The molecule has 6 rings (SSSR count). The van der Waals surface area contributed by atoms with Crippen LogP contribution in [0.4, 0.5) is 0 Å². The Hall–Kier alpha value is -4.18. The molecule has 0 saturated heterocycles. The summed E-state index contributed by atoms with van der Waals surface area (Å²) in [6.45, 7) is 0. The maximum absolute atomic E-state index is 6.48. The van der Waals surface area contributed by atoms with E-state index in [0.29, 0.717) is 18.2 Å². The molecule has 4 aromatic carbocycles. The summed E-state index contributed by atoms with van der Waals surface area (Å²) in [5.74, 6) is 1.39. The molecule has 2 aliphatic rings. The maximum atomic E-state index is 6.48. The van der Waals surface area contributed by atoms with Gasteiger partial charge in [-0.3, -0.25) is 0 Å². The number of rotatable bonds is 8. The first-order chi connectivity index (χ1) is 18.3. The van der Waals surface area contributed by atoms with Crippen LogP contribution in [0.1, 0.15) is 40.9 Å². The molecule has 4 nitrogen and oxygen atoms in total. The lowest BCUT2D eigenvalue weighted by atomic mass is 9.97. The highest BCUT2D eigenvalue weighted by atomic mass is 16.5. The summed E-state index contributed by atoms with van der Waals surface area (Å²) in [5, 5.41) is 0. The zero-order valence-electron chi connectivity index (χ0n) is 20.7. The second-order valence-corrected chi connectivity index (χ2v) is 9.63. The summed E-state index contributed by atoms with van der Waals surface area (Å²) < 4.78 is 13.0. The van der Waals surface area contributed by atoms with Crippen molar-refractivity contribution >= 4 is 11.8 Å². The van der Waals surface area contributed by atoms with Crippen molar-refractivity contribution < 1.29 is 9.47 Å². The summed E-state index contributed by atoms with van der Waals surface area (Å²) >= 11 is 0. The van der Waals surface area contributed by atoms with Crippen molar-refractivity contribution in [2.24, 2.45) is 9.98 Å². The Morgan fingerprint density at radius 3 is 1.19 bits per heavy atom. The van der Waals surface area contributed by atoms with Gasteiger partial charge in [0.1, 0.15) is 12.2 Å². The molecule has 0 aromatic heterocycles. The molecule has 4 atom stereocenters. The van der Waals surface area contributed by atoms with Crippen molar-refractivity contribution in [3.63, 3.8) is 0 Å². The molecule has 0 radical (unpaired) electrons. The molecule has 0 aliphatic carbocycles. The fourth-order valence-electron chi connectivity index (χ4n) is 5.20. The number of aliphatic imine (C=N–C) groups is 2. The van der Waals surface area contributed by atoms with Crippen molar-refractivity contribution in [1.29, 1.82) is 0 Å². The van der Waals surface area contributed by atoms with E-state index in [1.54, 1.807) is 0 Å². The largest absolute Gasteiger partial charge is 0.470 e. The standard InChI is InChI=1S/C33H30N2O2/c1-5-13-24(14-6-1)21-28-32(26-17-9-3-10-18-26)36-30(34-28)23-31-35-29(22-25-15-7-2-8-16-25)33(37-31)27-19-11-4-12-20-27/h1-20,28-29,32-33H,21-23H2/t28-,29-,32+,33+/m1/s1. The summed E-state index contributed by atoms with van der Waals surface area (Å²) in [5.41, 5.74) is 4.79. The highest BCUT2D eigenvalue weighted by Crippen LogP contribution is 2.35. The second-order valence-electron chi connectivity index (χ2n) is 9.63. The number of nitrogens with zero attached hydrogens (tertiary/aromatic N) is 2. The van der Waals surface area contributed by atoms with Crippen molar-refractivity contribution in [2.75, 3.05) is 0 Å². The van der Waals surface area contributed by atoms with E-state index >= 15 is 0 Å². The highest BCUT2D eigenvalue weighted by molar-refractivity contribution is 5.98. The van der Waals surface area contributed by atoms with Crippen molar-refractivity contribution in [1.82, 2.24) is 0 Å². The molecule has 0 N–H and O–H groups in total. The van der Waals surface area contributed by atoms with E-state index in [2.05, 4.69) is 97.1 Å². The van der Waals surface area contributed by atoms with Gasteiger partial charge in [-0.15, -0.1) is 0 Å². The fraction of sp³-hybridized carbons (Fsp3) is 0.212. The van der Waals surface area contributed by atoms with E-state index in [1.165, 1.54) is 11.1 Å². The number of hydrogen-bond donors (Lipinski definition) is 0. The molecule has 4 heteroatoms. The third kappa shape index (κ3) is 5.49. The van der Waals surface area contributed by atoms with Crippen LogP contribution in [0.2, 0.25) is 0 Å². The van der Waals surface area contributed by atoms with Crippen LogP contribution in [0.5, 0.6) is 0 Å². The minimum absolute atomic E-state index is 0.00633. The van der Waals surface area contributed by atoms with Crippen molar-refractivity contribution in [2.45, 2.75) is 43.6 Å². The minimum atomic E-state index is -0.122. The van der Waals surface area contributed by atoms with E-state index in [0.717, 1.165) is 24.0 Å². The molecule has 2 heterocycles. The summed E-state index contributed by atoms with van der Waals surface area (Å²) in [6.07, 6.45) is 1.86. The number of benzene rings is 4. The lowest BCUT2D eigenvalue weighted by Crippen LogP contribution is -2.17. The predicted octanol–water partition coefficient (Wildman–Crippen LogP) is 6.94. The normalized spacial score (nSPS) is 22.6. The van der Waals surface area contributed by atoms with Gasteiger partial charge in [0, 0.05) is 0 Å². The van der Waals surface area contributed by atoms with Gasteiger partial charge in [-0.25, -0.2) is 9.98 Å². The predicted molar refractivity (Wildman–Crippen MR) is 148 cm³/mol. The zero-order chi connectivity index (χ0) is 24.9. The SMILES string of the molecule is c1ccc(C[C@H]2N=C(CC3=N[C@H](Cc4ccccc4)[C@H](c4ccccc4)O3)O[C@H]2c2ccccc2)cc1. The van der Waals surface area contributed by atoms with Crippen LogP contribution in [0, 0.1) is 0 Å². The van der Waals surface area contributed by atoms with Crippen molar-refractivity contribution in [3.05, 3.63) is 144 Å². The van der Waals surface area contributed by atoms with Gasteiger partial charge in [-0.1, -0.05) is 121 Å². The Balaban J connectivity index is 1.24. The van der Waals surface area contributed by atoms with Gasteiger partial charge >= 0.3 is 0 Å². The first-order valence-corrected chi connectivity index (χ1v) is 13.0. The Bertz CT molecular complexity index is 1250. The smallest absolute Gasteiger partial charge is 0.193 e. The van der Waals surface area contributed by atoms with E-state index < -0.39 is 0 Å². The van der Waals surface area contributed by atoms with Gasteiger partial charge in [-0.2, -0.15) is 0 Å².